The molecule has 3 heterocycles. The van der Waals surface area contributed by atoms with Gasteiger partial charge in [0, 0.05) is 50.2 Å². The largest absolute Gasteiger partial charge is 0.381 e. The van der Waals surface area contributed by atoms with E-state index >= 15 is 0 Å². The second kappa shape index (κ2) is 6.67. The van der Waals surface area contributed by atoms with E-state index in [9.17, 15) is 4.79 Å². The number of ether oxygens (including phenoxy) is 1. The molecule has 0 bridgehead atoms. The van der Waals surface area contributed by atoms with E-state index < -0.39 is 5.91 Å². The summed E-state index contributed by atoms with van der Waals surface area (Å²) in [5.74, 6) is -0.496. The molecule has 0 radical (unpaired) electrons. The Bertz CT molecular complexity index is 649. The Balaban J connectivity index is 1.51. The van der Waals surface area contributed by atoms with Crippen molar-refractivity contribution in [3.8, 4) is 0 Å². The van der Waals surface area contributed by atoms with Gasteiger partial charge in [0.1, 0.15) is 0 Å². The van der Waals surface area contributed by atoms with Gasteiger partial charge < -0.3 is 4.74 Å². The summed E-state index contributed by atoms with van der Waals surface area (Å²) in [5, 5.41) is 8.85. The highest BCUT2D eigenvalue weighted by atomic mass is 16.5. The lowest BCUT2D eigenvalue weighted by Gasteiger charge is -2.56. The first-order valence-corrected chi connectivity index (χ1v) is 9.40. The van der Waals surface area contributed by atoms with Crippen molar-refractivity contribution in [2.45, 2.75) is 64.1 Å². The van der Waals surface area contributed by atoms with Gasteiger partial charge in [-0.3, -0.25) is 19.9 Å². The van der Waals surface area contributed by atoms with Gasteiger partial charge in [-0.05, 0) is 49.1 Å². The SMILES string of the molecule is CC[C@@H]1Cc2ncc(C(=O)NO)cc2CN1C1CC2(CCOCC2)C1. The summed E-state index contributed by atoms with van der Waals surface area (Å²) in [6.45, 7) is 4.93. The fourth-order valence-electron chi connectivity index (χ4n) is 4.91. The summed E-state index contributed by atoms with van der Waals surface area (Å²) < 4.78 is 5.54. The van der Waals surface area contributed by atoms with E-state index in [0.29, 0.717) is 23.1 Å². The lowest BCUT2D eigenvalue weighted by atomic mass is 9.60. The molecule has 2 fully saturated rings. The summed E-state index contributed by atoms with van der Waals surface area (Å²) in [5.41, 5.74) is 4.85. The molecule has 2 aliphatic heterocycles. The molecule has 2 N–H and O–H groups in total. The fourth-order valence-corrected chi connectivity index (χ4v) is 4.91. The Morgan fingerprint density at radius 3 is 2.88 bits per heavy atom. The molecule has 0 unspecified atom stereocenters. The number of pyridine rings is 1. The van der Waals surface area contributed by atoms with Crippen molar-refractivity contribution in [1.82, 2.24) is 15.4 Å². The van der Waals surface area contributed by atoms with Crippen molar-refractivity contribution in [2.75, 3.05) is 13.2 Å². The van der Waals surface area contributed by atoms with Crippen molar-refractivity contribution < 1.29 is 14.7 Å². The van der Waals surface area contributed by atoms with E-state index in [4.69, 9.17) is 9.94 Å². The zero-order valence-electron chi connectivity index (χ0n) is 14.8. The maximum Gasteiger partial charge on any atom is 0.276 e. The van der Waals surface area contributed by atoms with Crippen molar-refractivity contribution in [3.63, 3.8) is 0 Å². The molecule has 1 atom stereocenters. The highest BCUT2D eigenvalue weighted by Crippen LogP contribution is 2.51. The Morgan fingerprint density at radius 1 is 1.44 bits per heavy atom. The predicted octanol–water partition coefficient (Wildman–Crippen LogP) is 2.30. The van der Waals surface area contributed by atoms with E-state index in [2.05, 4.69) is 16.8 Å². The van der Waals surface area contributed by atoms with Gasteiger partial charge in [-0.15, -0.1) is 0 Å². The van der Waals surface area contributed by atoms with Gasteiger partial charge in [-0.1, -0.05) is 6.92 Å². The average molecular weight is 345 g/mol. The lowest BCUT2D eigenvalue weighted by Crippen LogP contribution is -2.57. The highest BCUT2D eigenvalue weighted by molar-refractivity contribution is 5.93. The second-order valence-electron chi connectivity index (χ2n) is 7.88. The molecule has 6 nitrogen and oxygen atoms in total. The highest BCUT2D eigenvalue weighted by Gasteiger charge is 2.48. The number of amides is 1. The van der Waals surface area contributed by atoms with Crippen LogP contribution in [0.5, 0.6) is 0 Å². The molecule has 25 heavy (non-hydrogen) atoms. The lowest BCUT2D eigenvalue weighted by molar-refractivity contribution is -0.0902. The van der Waals surface area contributed by atoms with Crippen LogP contribution in [0.2, 0.25) is 0 Å². The minimum Gasteiger partial charge on any atom is -0.381 e. The molecule has 1 aromatic rings. The van der Waals surface area contributed by atoms with Gasteiger partial charge in [0.2, 0.25) is 0 Å². The molecular formula is C19H27N3O3. The summed E-state index contributed by atoms with van der Waals surface area (Å²) in [6, 6.07) is 3.04. The van der Waals surface area contributed by atoms with Gasteiger partial charge in [0.15, 0.2) is 0 Å². The molecule has 1 aliphatic carbocycles. The molecule has 1 saturated carbocycles. The first kappa shape index (κ1) is 16.9. The zero-order chi connectivity index (χ0) is 17.4. The molecule has 1 spiro atoms. The van der Waals surface area contributed by atoms with Crippen LogP contribution in [-0.4, -0.2) is 46.3 Å². The van der Waals surface area contributed by atoms with Crippen molar-refractivity contribution >= 4 is 5.91 Å². The quantitative estimate of drug-likeness (QED) is 0.649. The van der Waals surface area contributed by atoms with E-state index in [-0.39, 0.29) is 0 Å². The second-order valence-corrected chi connectivity index (χ2v) is 7.88. The molecule has 4 rings (SSSR count). The third-order valence-electron chi connectivity index (χ3n) is 6.51. The minimum atomic E-state index is -0.496. The Morgan fingerprint density at radius 2 is 2.20 bits per heavy atom. The molecular weight excluding hydrogens is 318 g/mol. The average Bonchev–Trinajstić information content (AvgIpc) is 2.64. The van der Waals surface area contributed by atoms with Gasteiger partial charge in [0.25, 0.3) is 5.91 Å². The van der Waals surface area contributed by atoms with Crippen LogP contribution in [0.4, 0.5) is 0 Å². The number of aromatic nitrogens is 1. The monoisotopic (exact) mass is 345 g/mol. The summed E-state index contributed by atoms with van der Waals surface area (Å²) in [6.07, 6.45) is 8.57. The number of hydrogen-bond donors (Lipinski definition) is 2. The molecule has 136 valence electrons. The first-order chi connectivity index (χ1) is 12.1. The molecule has 1 saturated heterocycles. The molecule has 3 aliphatic rings. The molecule has 1 amide bonds. The number of nitrogens with one attached hydrogen (secondary N) is 1. The topological polar surface area (TPSA) is 74.7 Å². The van der Waals surface area contributed by atoms with Gasteiger partial charge in [-0.25, -0.2) is 5.48 Å². The molecule has 6 heteroatoms. The zero-order valence-corrected chi connectivity index (χ0v) is 14.8. The minimum absolute atomic E-state index is 0.422. The predicted molar refractivity (Wildman–Crippen MR) is 92.3 cm³/mol. The maximum atomic E-state index is 11.7. The van der Waals surface area contributed by atoms with Crippen molar-refractivity contribution in [3.05, 3.63) is 29.1 Å². The van der Waals surface area contributed by atoms with Gasteiger partial charge in [0.05, 0.1) is 5.56 Å². The van der Waals surface area contributed by atoms with Crippen LogP contribution >= 0.6 is 0 Å². The van der Waals surface area contributed by atoms with Gasteiger partial charge >= 0.3 is 0 Å². The van der Waals surface area contributed by atoms with Crippen LogP contribution in [0.15, 0.2) is 12.3 Å². The number of carbonyl (C=O) groups is 1. The standard InChI is InChI=1S/C19H27N3O3/c1-2-15-8-17-14(7-13(11-20-17)18(23)21-24)12-22(15)16-9-19(10-16)3-5-25-6-4-19/h7,11,15-16,24H,2-6,8-10,12H2,1H3,(H,21,23)/t15-/m1/s1. The van der Waals surface area contributed by atoms with Gasteiger partial charge in [-0.2, -0.15) is 0 Å². The number of nitrogens with zero attached hydrogens (tertiary/aromatic N) is 2. The fraction of sp³-hybridized carbons (Fsp3) is 0.684. The van der Waals surface area contributed by atoms with Crippen LogP contribution in [0.1, 0.15) is 60.6 Å². The van der Waals surface area contributed by atoms with E-state index in [1.807, 2.05) is 6.07 Å². The van der Waals surface area contributed by atoms with E-state index in [0.717, 1.165) is 43.9 Å². The van der Waals surface area contributed by atoms with Crippen LogP contribution in [0.25, 0.3) is 0 Å². The summed E-state index contributed by atoms with van der Waals surface area (Å²) in [7, 11) is 0. The maximum absolute atomic E-state index is 11.7. The molecule has 0 aromatic carbocycles. The molecule has 1 aromatic heterocycles. The van der Waals surface area contributed by atoms with Crippen LogP contribution < -0.4 is 5.48 Å². The summed E-state index contributed by atoms with van der Waals surface area (Å²) in [4.78, 5) is 18.8. The van der Waals surface area contributed by atoms with Crippen LogP contribution in [-0.2, 0) is 17.7 Å². The normalized spacial score (nSPS) is 26.1. The number of carbonyl (C=O) groups excluding carboxylic acids is 1. The number of rotatable bonds is 3. The summed E-state index contributed by atoms with van der Waals surface area (Å²) >= 11 is 0. The Labute approximate surface area is 148 Å². The third-order valence-corrected chi connectivity index (χ3v) is 6.51. The first-order valence-electron chi connectivity index (χ1n) is 9.40. The number of hydrogen-bond acceptors (Lipinski definition) is 5. The van der Waals surface area contributed by atoms with Crippen LogP contribution in [0.3, 0.4) is 0 Å². The van der Waals surface area contributed by atoms with Crippen LogP contribution in [0, 0.1) is 5.41 Å². The Kier molecular flexibility index (Phi) is 4.52. The Hall–Kier alpha value is -1.50. The third kappa shape index (κ3) is 3.07. The number of fused-ring (bicyclic) bond motifs is 1. The van der Waals surface area contributed by atoms with Crippen molar-refractivity contribution in [2.24, 2.45) is 5.41 Å². The number of hydroxylamine groups is 1. The smallest absolute Gasteiger partial charge is 0.276 e. The van der Waals surface area contributed by atoms with Crippen molar-refractivity contribution in [1.29, 1.82) is 0 Å². The van der Waals surface area contributed by atoms with E-state index in [1.165, 1.54) is 25.7 Å². The van der Waals surface area contributed by atoms with E-state index in [1.54, 1.807) is 11.7 Å².